The van der Waals surface area contributed by atoms with Gasteiger partial charge in [-0.1, -0.05) is 12.1 Å². The van der Waals surface area contributed by atoms with Crippen molar-refractivity contribution in [1.82, 2.24) is 9.97 Å². The Hall–Kier alpha value is -2.37. The van der Waals surface area contributed by atoms with Crippen molar-refractivity contribution in [2.45, 2.75) is 6.43 Å². The van der Waals surface area contributed by atoms with Crippen LogP contribution in [-0.2, 0) is 0 Å². The van der Waals surface area contributed by atoms with Gasteiger partial charge in [0.05, 0.1) is 22.2 Å². The molecule has 0 saturated carbocycles. The van der Waals surface area contributed by atoms with Gasteiger partial charge in [-0.2, -0.15) is 0 Å². The van der Waals surface area contributed by atoms with Crippen LogP contribution in [0.5, 0.6) is 0 Å². The molecule has 20 heavy (non-hydrogen) atoms. The number of aromatic nitrogens is 2. The number of aromatic amines is 1. The number of fused-ring (bicyclic) bond motifs is 1. The number of hydrogen-bond donors (Lipinski definition) is 1. The molecule has 1 N–H and O–H groups in total. The van der Waals surface area contributed by atoms with Gasteiger partial charge in [0.1, 0.15) is 17.5 Å². The van der Waals surface area contributed by atoms with E-state index in [9.17, 15) is 17.6 Å². The molecule has 0 spiro atoms. The van der Waals surface area contributed by atoms with Gasteiger partial charge in [0.25, 0.3) is 6.43 Å². The molecule has 1 heterocycles. The molecule has 0 amide bonds. The van der Waals surface area contributed by atoms with Crippen LogP contribution in [0.2, 0.25) is 0 Å². The highest BCUT2D eigenvalue weighted by Crippen LogP contribution is 2.29. The normalized spacial score (nSPS) is 11.4. The number of nitrogens with zero attached hydrogens (tertiary/aromatic N) is 1. The third-order valence-corrected chi connectivity index (χ3v) is 2.97. The average Bonchev–Trinajstić information content (AvgIpc) is 2.84. The van der Waals surface area contributed by atoms with Crippen LogP contribution in [-0.4, -0.2) is 9.97 Å². The number of halogens is 4. The summed E-state index contributed by atoms with van der Waals surface area (Å²) >= 11 is 0. The summed E-state index contributed by atoms with van der Waals surface area (Å²) in [4.78, 5) is 6.93. The van der Waals surface area contributed by atoms with Crippen molar-refractivity contribution in [2.24, 2.45) is 0 Å². The monoisotopic (exact) mass is 280 g/mol. The average molecular weight is 280 g/mol. The Morgan fingerprint density at radius 2 is 1.75 bits per heavy atom. The quantitative estimate of drug-likeness (QED) is 0.690. The third-order valence-electron chi connectivity index (χ3n) is 2.97. The first-order chi connectivity index (χ1) is 9.56. The van der Waals surface area contributed by atoms with E-state index >= 15 is 0 Å². The van der Waals surface area contributed by atoms with E-state index in [-0.39, 0.29) is 11.4 Å². The van der Waals surface area contributed by atoms with Gasteiger partial charge >= 0.3 is 0 Å². The molecule has 0 atom stereocenters. The van der Waals surface area contributed by atoms with Crippen LogP contribution >= 0.6 is 0 Å². The summed E-state index contributed by atoms with van der Waals surface area (Å²) in [5.74, 6) is -2.00. The number of nitrogens with one attached hydrogen (secondary N) is 1. The van der Waals surface area contributed by atoms with E-state index in [1.807, 2.05) is 0 Å². The highest BCUT2D eigenvalue weighted by Gasteiger charge is 2.19. The minimum atomic E-state index is -3.06. The van der Waals surface area contributed by atoms with E-state index in [0.717, 1.165) is 6.07 Å². The molecule has 0 aliphatic carbocycles. The van der Waals surface area contributed by atoms with E-state index in [0.29, 0.717) is 17.1 Å². The number of hydrogen-bond acceptors (Lipinski definition) is 1. The number of benzene rings is 2. The Labute approximate surface area is 111 Å². The van der Waals surface area contributed by atoms with E-state index in [1.165, 1.54) is 0 Å². The van der Waals surface area contributed by atoms with Crippen molar-refractivity contribution >= 4 is 11.0 Å². The van der Waals surface area contributed by atoms with Gasteiger partial charge in [-0.25, -0.2) is 22.5 Å². The highest BCUT2D eigenvalue weighted by atomic mass is 19.3. The lowest BCUT2D eigenvalue weighted by molar-refractivity contribution is 0.146. The Balaban J connectivity index is 2.16. The maximum atomic E-state index is 13.8. The topological polar surface area (TPSA) is 28.7 Å². The molecule has 3 rings (SSSR count). The number of para-hydroxylation sites is 2. The number of alkyl halides is 2. The first-order valence-electron chi connectivity index (χ1n) is 5.78. The van der Waals surface area contributed by atoms with Crippen molar-refractivity contribution in [3.8, 4) is 11.4 Å². The zero-order valence-corrected chi connectivity index (χ0v) is 10.0. The lowest BCUT2D eigenvalue weighted by Gasteiger charge is -2.05. The standard InChI is InChI=1S/C14H8F4N2/c15-9-6-8(10(16)5-7(9)13(17)18)14-19-11-3-1-2-4-12(11)20-14/h1-6,13H,(H,19,20). The fourth-order valence-electron chi connectivity index (χ4n) is 1.99. The van der Waals surface area contributed by atoms with Gasteiger partial charge in [0.15, 0.2) is 0 Å². The molecule has 6 heteroatoms. The summed E-state index contributed by atoms with van der Waals surface area (Å²) in [6.45, 7) is 0. The Morgan fingerprint density at radius 3 is 2.45 bits per heavy atom. The molecule has 0 aliphatic rings. The van der Waals surface area contributed by atoms with Crippen molar-refractivity contribution in [1.29, 1.82) is 0 Å². The lowest BCUT2D eigenvalue weighted by Crippen LogP contribution is -1.96. The molecule has 1 aromatic heterocycles. The van der Waals surface area contributed by atoms with Gasteiger partial charge in [-0.3, -0.25) is 0 Å². The fourth-order valence-corrected chi connectivity index (χ4v) is 1.99. The SMILES string of the molecule is Fc1cc(C(F)F)c(F)cc1-c1nc2ccccc2[nH]1. The molecule has 0 bridgehead atoms. The van der Waals surface area contributed by atoms with Gasteiger partial charge in [-0.05, 0) is 24.3 Å². The zero-order valence-electron chi connectivity index (χ0n) is 10.0. The highest BCUT2D eigenvalue weighted by molar-refractivity contribution is 5.79. The summed E-state index contributed by atoms with van der Waals surface area (Å²) in [5, 5.41) is 0. The molecule has 0 radical (unpaired) electrons. The van der Waals surface area contributed by atoms with E-state index in [2.05, 4.69) is 9.97 Å². The summed E-state index contributed by atoms with van der Waals surface area (Å²) in [6.07, 6.45) is -3.06. The number of H-pyrrole nitrogens is 1. The Morgan fingerprint density at radius 1 is 1.00 bits per heavy atom. The number of imidazole rings is 1. The largest absolute Gasteiger partial charge is 0.338 e. The Kier molecular flexibility index (Phi) is 2.93. The second kappa shape index (κ2) is 4.63. The van der Waals surface area contributed by atoms with Gasteiger partial charge < -0.3 is 4.98 Å². The minimum Gasteiger partial charge on any atom is -0.338 e. The molecule has 0 fully saturated rings. The predicted octanol–water partition coefficient (Wildman–Crippen LogP) is 4.45. The van der Waals surface area contributed by atoms with E-state index in [1.54, 1.807) is 24.3 Å². The van der Waals surface area contributed by atoms with Crippen LogP contribution in [0.25, 0.3) is 22.4 Å². The maximum Gasteiger partial charge on any atom is 0.266 e. The van der Waals surface area contributed by atoms with Crippen LogP contribution in [0.15, 0.2) is 36.4 Å². The summed E-state index contributed by atoms with van der Waals surface area (Å²) in [7, 11) is 0. The second-order valence-corrected chi connectivity index (χ2v) is 4.26. The molecule has 3 aromatic rings. The molecular formula is C14H8F4N2. The molecule has 102 valence electrons. The molecule has 2 aromatic carbocycles. The lowest BCUT2D eigenvalue weighted by atomic mass is 10.1. The molecule has 0 saturated heterocycles. The summed E-state index contributed by atoms with van der Waals surface area (Å²) < 4.78 is 52.3. The molecule has 0 unspecified atom stereocenters. The maximum absolute atomic E-state index is 13.8. The van der Waals surface area contributed by atoms with Gasteiger partial charge in [0.2, 0.25) is 0 Å². The molecule has 2 nitrogen and oxygen atoms in total. The van der Waals surface area contributed by atoms with E-state index in [4.69, 9.17) is 0 Å². The van der Waals surface area contributed by atoms with Crippen molar-refractivity contribution < 1.29 is 17.6 Å². The van der Waals surface area contributed by atoms with E-state index < -0.39 is 23.6 Å². The predicted molar refractivity (Wildman–Crippen MR) is 66.4 cm³/mol. The Bertz CT molecular complexity index is 747. The molecular weight excluding hydrogens is 272 g/mol. The first kappa shape index (κ1) is 12.7. The van der Waals surface area contributed by atoms with Gasteiger partial charge in [-0.15, -0.1) is 0 Å². The van der Waals surface area contributed by atoms with Crippen LogP contribution in [0, 0.1) is 11.6 Å². The molecule has 0 aliphatic heterocycles. The number of rotatable bonds is 2. The van der Waals surface area contributed by atoms with Gasteiger partial charge in [0, 0.05) is 0 Å². The van der Waals surface area contributed by atoms with Crippen LogP contribution in [0.3, 0.4) is 0 Å². The zero-order chi connectivity index (χ0) is 14.3. The summed E-state index contributed by atoms with van der Waals surface area (Å²) in [6, 6.07) is 8.19. The minimum absolute atomic E-state index is 0.100. The fraction of sp³-hybridized carbons (Fsp3) is 0.0714. The van der Waals surface area contributed by atoms with Crippen LogP contribution < -0.4 is 0 Å². The van der Waals surface area contributed by atoms with Crippen LogP contribution in [0.1, 0.15) is 12.0 Å². The summed E-state index contributed by atoms with van der Waals surface area (Å²) in [5.41, 5.74) is 0.103. The second-order valence-electron chi connectivity index (χ2n) is 4.26. The van der Waals surface area contributed by atoms with Crippen molar-refractivity contribution in [2.75, 3.05) is 0 Å². The third kappa shape index (κ3) is 2.03. The van der Waals surface area contributed by atoms with Crippen molar-refractivity contribution in [3.63, 3.8) is 0 Å². The first-order valence-corrected chi connectivity index (χ1v) is 5.78. The smallest absolute Gasteiger partial charge is 0.266 e. The van der Waals surface area contributed by atoms with Crippen molar-refractivity contribution in [3.05, 3.63) is 53.6 Å². The van der Waals surface area contributed by atoms with Crippen LogP contribution in [0.4, 0.5) is 17.6 Å².